The summed E-state index contributed by atoms with van der Waals surface area (Å²) in [6, 6.07) is -0.854. The average molecular weight is 936 g/mol. The summed E-state index contributed by atoms with van der Waals surface area (Å²) >= 11 is 0. The normalized spacial score (nSPS) is 14.3. The van der Waals surface area contributed by atoms with Crippen molar-refractivity contribution < 1.29 is 37.3 Å². The van der Waals surface area contributed by atoms with Crippen molar-refractivity contribution in [1.29, 1.82) is 0 Å². The van der Waals surface area contributed by atoms with Crippen molar-refractivity contribution in [3.63, 3.8) is 0 Å². The number of nitrogens with zero attached hydrogens (tertiary/aromatic N) is 1. The van der Waals surface area contributed by atoms with Gasteiger partial charge in [-0.05, 0) is 51.0 Å². The molecule has 3 atom stereocenters. The number of phosphoric acid groups is 1. The van der Waals surface area contributed by atoms with Crippen LogP contribution in [0, 0.1) is 0 Å². The number of esters is 1. The number of unbranched alkanes of at least 4 members (excludes halogenated alkanes) is 28. The summed E-state index contributed by atoms with van der Waals surface area (Å²) in [6.45, 7) is 6.86. The van der Waals surface area contributed by atoms with Crippen molar-refractivity contribution in [3.05, 3.63) is 48.6 Å². The molecule has 2 N–H and O–H groups in total. The Hall–Kier alpha value is -2.03. The zero-order valence-electron chi connectivity index (χ0n) is 43.2. The predicted molar refractivity (Wildman–Crippen MR) is 277 cm³/mol. The van der Waals surface area contributed by atoms with E-state index < -0.39 is 20.0 Å². The van der Waals surface area contributed by atoms with Crippen LogP contribution in [0.2, 0.25) is 0 Å². The van der Waals surface area contributed by atoms with Gasteiger partial charge in [-0.3, -0.25) is 18.6 Å². The lowest BCUT2D eigenvalue weighted by Crippen LogP contribution is -2.47. The van der Waals surface area contributed by atoms with Crippen molar-refractivity contribution in [3.8, 4) is 0 Å². The molecule has 0 bridgehead atoms. The number of quaternary nitrogens is 1. The van der Waals surface area contributed by atoms with Crippen LogP contribution in [0.4, 0.5) is 0 Å². The Bertz CT molecular complexity index is 1260. The Balaban J connectivity index is 5.42. The van der Waals surface area contributed by atoms with Gasteiger partial charge < -0.3 is 19.4 Å². The van der Waals surface area contributed by atoms with Gasteiger partial charge in [-0.25, -0.2) is 4.57 Å². The van der Waals surface area contributed by atoms with E-state index in [1.54, 1.807) is 0 Å². The number of carbonyl (C=O) groups excluding carboxylic acids is 2. The fourth-order valence-corrected chi connectivity index (χ4v) is 8.38. The van der Waals surface area contributed by atoms with Crippen molar-refractivity contribution >= 4 is 19.7 Å². The summed E-state index contributed by atoms with van der Waals surface area (Å²) in [6.07, 6.45) is 53.9. The lowest BCUT2D eigenvalue weighted by atomic mass is 10.0. The first-order valence-electron chi connectivity index (χ1n) is 27.0. The van der Waals surface area contributed by atoms with Gasteiger partial charge in [0.2, 0.25) is 5.91 Å². The lowest BCUT2D eigenvalue weighted by Gasteiger charge is -2.27. The minimum Gasteiger partial charge on any atom is -0.456 e. The summed E-state index contributed by atoms with van der Waals surface area (Å²) in [4.78, 5) is 37.4. The molecule has 0 saturated carbocycles. The number of nitrogens with one attached hydrogen (secondary N) is 1. The Labute approximate surface area is 401 Å². The number of carbonyl (C=O) groups is 2. The molecule has 0 aromatic heterocycles. The molecule has 0 aliphatic carbocycles. The minimum atomic E-state index is -4.44. The highest BCUT2D eigenvalue weighted by Gasteiger charge is 2.30. The van der Waals surface area contributed by atoms with E-state index in [0.29, 0.717) is 17.4 Å². The highest BCUT2D eigenvalue weighted by molar-refractivity contribution is 7.47. The number of rotatable bonds is 48. The number of ether oxygens (including phenoxy) is 1. The number of likely N-dealkylation sites (N-methyl/N-ethyl adjacent to an activating group) is 1. The monoisotopic (exact) mass is 936 g/mol. The molecule has 0 fully saturated rings. The fourth-order valence-electron chi connectivity index (χ4n) is 7.65. The van der Waals surface area contributed by atoms with E-state index in [4.69, 9.17) is 13.8 Å². The van der Waals surface area contributed by atoms with Crippen molar-refractivity contribution in [1.82, 2.24) is 5.32 Å². The second-order valence-corrected chi connectivity index (χ2v) is 20.9. The van der Waals surface area contributed by atoms with E-state index in [2.05, 4.69) is 62.5 Å². The van der Waals surface area contributed by atoms with E-state index in [1.807, 2.05) is 33.3 Å². The maximum absolute atomic E-state index is 13.4. The van der Waals surface area contributed by atoms with E-state index >= 15 is 0 Å². The van der Waals surface area contributed by atoms with E-state index in [0.717, 1.165) is 83.5 Å². The Morgan fingerprint density at radius 1 is 0.554 bits per heavy atom. The molecule has 10 heteroatoms. The van der Waals surface area contributed by atoms with Crippen LogP contribution in [-0.2, 0) is 27.9 Å². The quantitative estimate of drug-likeness (QED) is 0.0156. The van der Waals surface area contributed by atoms with Crippen LogP contribution >= 0.6 is 7.82 Å². The van der Waals surface area contributed by atoms with Crippen LogP contribution in [0.5, 0.6) is 0 Å². The maximum Gasteiger partial charge on any atom is 0.472 e. The smallest absolute Gasteiger partial charge is 0.456 e. The molecule has 9 nitrogen and oxygen atoms in total. The highest BCUT2D eigenvalue weighted by Crippen LogP contribution is 2.43. The van der Waals surface area contributed by atoms with Gasteiger partial charge in [0.15, 0.2) is 0 Å². The molecule has 1 amide bonds. The lowest BCUT2D eigenvalue weighted by molar-refractivity contribution is -0.870. The van der Waals surface area contributed by atoms with Gasteiger partial charge in [-0.15, -0.1) is 0 Å². The molecule has 0 heterocycles. The summed E-state index contributed by atoms with van der Waals surface area (Å²) < 4.78 is 30.5. The SMILES string of the molecule is CC/C=C/C=C/C=C\CCCCCCCC(=O)NC(COP(=O)(O)OCC[N+](C)(C)C)C(/C=C/CCCCCCCCCCCC)OC(=O)CCCCCCCCCCCCCCCC. The fraction of sp³-hybridized carbons (Fsp3) is 0.818. The topological polar surface area (TPSA) is 111 Å². The van der Waals surface area contributed by atoms with Crippen LogP contribution in [0.3, 0.4) is 0 Å². The maximum atomic E-state index is 13.4. The Morgan fingerprint density at radius 3 is 1.46 bits per heavy atom. The van der Waals surface area contributed by atoms with Gasteiger partial charge in [0.05, 0.1) is 33.8 Å². The Kier molecular flexibility index (Phi) is 44.3. The molecule has 0 aromatic rings. The van der Waals surface area contributed by atoms with Gasteiger partial charge in [0, 0.05) is 12.8 Å². The molecule has 380 valence electrons. The van der Waals surface area contributed by atoms with Crippen LogP contribution < -0.4 is 5.32 Å². The molecule has 0 aromatic carbocycles. The molecular formula is C55H104N2O7P+. The zero-order valence-corrected chi connectivity index (χ0v) is 44.1. The largest absolute Gasteiger partial charge is 0.472 e. The minimum absolute atomic E-state index is 0.0364. The van der Waals surface area contributed by atoms with Gasteiger partial charge in [0.25, 0.3) is 0 Å². The summed E-state index contributed by atoms with van der Waals surface area (Å²) in [5, 5.41) is 3.03. The highest BCUT2D eigenvalue weighted by atomic mass is 31.2. The molecule has 0 radical (unpaired) electrons. The molecule has 0 rings (SSSR count). The molecular weight excluding hydrogens is 832 g/mol. The Morgan fingerprint density at radius 2 is 0.985 bits per heavy atom. The third-order valence-corrected chi connectivity index (χ3v) is 12.8. The van der Waals surface area contributed by atoms with Gasteiger partial charge in [-0.2, -0.15) is 0 Å². The average Bonchev–Trinajstić information content (AvgIpc) is 3.26. The molecule has 3 unspecified atom stereocenters. The third kappa shape index (κ3) is 46.9. The van der Waals surface area contributed by atoms with Crippen LogP contribution in [0.25, 0.3) is 0 Å². The van der Waals surface area contributed by atoms with Gasteiger partial charge in [-0.1, -0.05) is 224 Å². The van der Waals surface area contributed by atoms with E-state index in [-0.39, 0.29) is 31.5 Å². The number of amides is 1. The molecule has 0 saturated heterocycles. The zero-order chi connectivity index (χ0) is 48.0. The number of hydrogen-bond donors (Lipinski definition) is 2. The van der Waals surface area contributed by atoms with E-state index in [9.17, 15) is 19.0 Å². The summed E-state index contributed by atoms with van der Waals surface area (Å²) in [7, 11) is 1.48. The standard InChI is InChI=1S/C55H103N2O7P/c1-7-10-13-16-19-22-25-28-30-33-36-39-42-45-48-55(59)64-53(46-43-40-37-34-31-27-24-21-18-15-12-9-3)52(51-63-65(60,61)62-50-49-57(4,5)6)56-54(58)47-44-41-38-35-32-29-26-23-20-17-14-11-8-2/h11,14,17,20,23,26,43,46,52-53H,7-10,12-13,15-16,18-19,21-22,24-25,27-42,44-45,47-51H2,1-6H3,(H-,56,58,60,61)/p+1/b14-11+,20-17+,26-23-,46-43+. The summed E-state index contributed by atoms with van der Waals surface area (Å²) in [5.74, 6) is -0.525. The number of allylic oxidation sites excluding steroid dienone is 7. The summed E-state index contributed by atoms with van der Waals surface area (Å²) in [5.41, 5.74) is 0. The van der Waals surface area contributed by atoms with E-state index in [1.165, 1.54) is 122 Å². The third-order valence-electron chi connectivity index (χ3n) is 11.8. The van der Waals surface area contributed by atoms with Crippen molar-refractivity contribution in [2.24, 2.45) is 0 Å². The van der Waals surface area contributed by atoms with Crippen LogP contribution in [-0.4, -0.2) is 74.3 Å². The molecule has 0 aliphatic rings. The van der Waals surface area contributed by atoms with Gasteiger partial charge >= 0.3 is 13.8 Å². The molecule has 0 spiro atoms. The number of hydrogen-bond acceptors (Lipinski definition) is 6. The first-order chi connectivity index (χ1) is 31.4. The van der Waals surface area contributed by atoms with Crippen molar-refractivity contribution in [2.75, 3.05) is 40.9 Å². The second-order valence-electron chi connectivity index (χ2n) is 19.4. The first-order valence-corrected chi connectivity index (χ1v) is 28.5. The van der Waals surface area contributed by atoms with Crippen LogP contribution in [0.1, 0.15) is 239 Å². The predicted octanol–water partition coefficient (Wildman–Crippen LogP) is 15.8. The molecule has 0 aliphatic heterocycles. The van der Waals surface area contributed by atoms with Crippen LogP contribution in [0.15, 0.2) is 48.6 Å². The first kappa shape index (κ1) is 63.0. The molecule has 65 heavy (non-hydrogen) atoms. The number of phosphoric ester groups is 1. The van der Waals surface area contributed by atoms with Gasteiger partial charge in [0.1, 0.15) is 19.3 Å². The second kappa shape index (κ2) is 45.7. The van der Waals surface area contributed by atoms with Crippen molar-refractivity contribution in [2.45, 2.75) is 251 Å².